The van der Waals surface area contributed by atoms with Gasteiger partial charge in [-0.1, -0.05) is 66.2 Å². The van der Waals surface area contributed by atoms with E-state index in [-0.39, 0.29) is 37.8 Å². The van der Waals surface area contributed by atoms with Crippen LogP contribution in [-0.2, 0) is 30.4 Å². The summed E-state index contributed by atoms with van der Waals surface area (Å²) in [6.45, 7) is 14.8. The van der Waals surface area contributed by atoms with Gasteiger partial charge < -0.3 is 30.7 Å². The minimum absolute atomic E-state index is 0.00273. The molecule has 0 bridgehead atoms. The van der Waals surface area contributed by atoms with Crippen LogP contribution in [0.5, 0.6) is 5.75 Å². The average molecular weight is 614 g/mol. The number of carbonyl (C=O) groups excluding carboxylic acids is 5. The van der Waals surface area contributed by atoms with E-state index in [2.05, 4.69) is 22.5 Å². The topological polar surface area (TPSA) is 157 Å². The highest BCUT2D eigenvalue weighted by Crippen LogP contribution is 2.26. The van der Waals surface area contributed by atoms with Crippen LogP contribution in [0.4, 0.5) is 0 Å². The van der Waals surface area contributed by atoms with Crippen LogP contribution in [0.3, 0.4) is 0 Å². The number of amides is 4. The molecule has 1 fully saturated rings. The maximum atomic E-state index is 13.9. The molecule has 4 amide bonds. The van der Waals surface area contributed by atoms with Crippen LogP contribution in [0.1, 0.15) is 79.2 Å². The summed E-state index contributed by atoms with van der Waals surface area (Å²) in [6.07, 6.45) is 3.61. The van der Waals surface area contributed by atoms with Gasteiger partial charge in [-0.2, -0.15) is 0 Å². The van der Waals surface area contributed by atoms with E-state index in [9.17, 15) is 29.1 Å². The van der Waals surface area contributed by atoms with Crippen molar-refractivity contribution in [2.45, 2.75) is 104 Å². The zero-order valence-corrected chi connectivity index (χ0v) is 27.0. The Labute approximate surface area is 261 Å². The fourth-order valence-electron chi connectivity index (χ4n) is 4.91. The number of ether oxygens (including phenoxy) is 1. The lowest BCUT2D eigenvalue weighted by Crippen LogP contribution is -2.59. The fourth-order valence-corrected chi connectivity index (χ4v) is 4.91. The second-order valence-electron chi connectivity index (χ2n) is 13.0. The van der Waals surface area contributed by atoms with Crippen LogP contribution < -0.4 is 25.8 Å². The van der Waals surface area contributed by atoms with Gasteiger partial charge in [0.05, 0.1) is 19.1 Å². The van der Waals surface area contributed by atoms with Crippen molar-refractivity contribution in [3.05, 3.63) is 42.5 Å². The van der Waals surface area contributed by atoms with Crippen molar-refractivity contribution >= 4 is 29.4 Å². The normalized spacial score (nSPS) is 16.4. The Hall–Kier alpha value is -3.73. The first-order valence-electron chi connectivity index (χ1n) is 15.3. The van der Waals surface area contributed by atoms with Crippen LogP contribution in [0.2, 0.25) is 0 Å². The third-order valence-electron chi connectivity index (χ3n) is 7.33. The van der Waals surface area contributed by atoms with Gasteiger partial charge in [-0.3, -0.25) is 24.0 Å². The van der Waals surface area contributed by atoms with E-state index < -0.39 is 46.7 Å². The number of carbonyl (C=O) groups is 5. The molecule has 11 heteroatoms. The molecule has 0 aliphatic carbocycles. The largest absolute Gasteiger partial charge is 0.850 e. The summed E-state index contributed by atoms with van der Waals surface area (Å²) in [4.78, 5) is 66.8. The summed E-state index contributed by atoms with van der Waals surface area (Å²) in [5, 5.41) is 19.9. The second-order valence-corrected chi connectivity index (χ2v) is 13.0. The highest BCUT2D eigenvalue weighted by molar-refractivity contribution is 6.38. The summed E-state index contributed by atoms with van der Waals surface area (Å²) < 4.78 is 5.69. The lowest BCUT2D eigenvalue weighted by Gasteiger charge is -2.35. The SMILES string of the molecule is C=CCNC(=O)C(=O)C(CCC)NC(=O)[C@@H]1CCCN1C(=O)[C@@H](NC(=O)Cc1cccc(OCCC(C)(C)[O-])c1)C(C)(C)C. The molecule has 1 aromatic rings. The van der Waals surface area contributed by atoms with Crippen molar-refractivity contribution in [2.24, 2.45) is 5.41 Å². The third kappa shape index (κ3) is 11.4. The highest BCUT2D eigenvalue weighted by Gasteiger charge is 2.42. The first kappa shape index (κ1) is 36.5. The number of benzene rings is 1. The van der Waals surface area contributed by atoms with Crippen LogP contribution in [0.25, 0.3) is 0 Å². The van der Waals surface area contributed by atoms with Crippen molar-refractivity contribution < 1.29 is 33.8 Å². The molecule has 1 saturated heterocycles. The summed E-state index contributed by atoms with van der Waals surface area (Å²) in [6, 6.07) is 4.27. The molecule has 0 spiro atoms. The van der Waals surface area contributed by atoms with E-state index in [0.29, 0.717) is 43.5 Å². The molecule has 1 aliphatic heterocycles. The Bertz CT molecular complexity index is 1190. The molecular formula is C33H49N4O7-. The molecule has 1 unspecified atom stereocenters. The highest BCUT2D eigenvalue weighted by atomic mass is 16.5. The van der Waals surface area contributed by atoms with E-state index in [1.807, 2.05) is 27.7 Å². The molecule has 0 radical (unpaired) electrons. The van der Waals surface area contributed by atoms with Crippen molar-refractivity contribution in [1.82, 2.24) is 20.9 Å². The minimum Gasteiger partial charge on any atom is -0.850 e. The predicted octanol–water partition coefficient (Wildman–Crippen LogP) is 1.82. The number of rotatable bonds is 16. The number of hydrogen-bond donors (Lipinski definition) is 3. The molecule has 1 aliphatic rings. The minimum atomic E-state index is -1.10. The van der Waals surface area contributed by atoms with E-state index in [1.54, 1.807) is 38.1 Å². The van der Waals surface area contributed by atoms with Gasteiger partial charge >= 0.3 is 0 Å². The van der Waals surface area contributed by atoms with Crippen molar-refractivity contribution in [1.29, 1.82) is 0 Å². The zero-order chi connectivity index (χ0) is 33.1. The Morgan fingerprint density at radius 3 is 2.45 bits per heavy atom. The second kappa shape index (κ2) is 16.4. The molecule has 3 N–H and O–H groups in total. The van der Waals surface area contributed by atoms with Crippen LogP contribution in [0, 0.1) is 5.41 Å². The van der Waals surface area contributed by atoms with E-state index in [4.69, 9.17) is 4.74 Å². The molecule has 0 saturated carbocycles. The molecule has 2 rings (SSSR count). The molecule has 1 heterocycles. The Morgan fingerprint density at radius 1 is 1.14 bits per heavy atom. The van der Waals surface area contributed by atoms with Crippen LogP contribution in [0.15, 0.2) is 36.9 Å². The van der Waals surface area contributed by atoms with Gasteiger partial charge in [-0.15, -0.1) is 12.2 Å². The maximum absolute atomic E-state index is 13.9. The summed E-state index contributed by atoms with van der Waals surface area (Å²) in [5.41, 5.74) is -1.09. The lowest BCUT2D eigenvalue weighted by atomic mass is 9.85. The number of nitrogens with zero attached hydrogens (tertiary/aromatic N) is 1. The molecule has 244 valence electrons. The predicted molar refractivity (Wildman–Crippen MR) is 166 cm³/mol. The van der Waals surface area contributed by atoms with E-state index >= 15 is 0 Å². The fraction of sp³-hybridized carbons (Fsp3) is 0.606. The average Bonchev–Trinajstić information content (AvgIpc) is 3.43. The summed E-state index contributed by atoms with van der Waals surface area (Å²) in [7, 11) is 0. The Kier molecular flexibility index (Phi) is 13.6. The van der Waals surface area contributed by atoms with Crippen LogP contribution in [-0.4, -0.2) is 77.7 Å². The van der Waals surface area contributed by atoms with Crippen molar-refractivity contribution in [3.8, 4) is 5.75 Å². The molecule has 11 nitrogen and oxygen atoms in total. The molecule has 0 aromatic heterocycles. The Balaban J connectivity index is 2.12. The number of hydrogen-bond acceptors (Lipinski definition) is 7. The van der Waals surface area contributed by atoms with Crippen molar-refractivity contribution in [2.75, 3.05) is 19.7 Å². The number of ketones is 1. The van der Waals surface area contributed by atoms with Crippen molar-refractivity contribution in [3.63, 3.8) is 0 Å². The van der Waals surface area contributed by atoms with Crippen LogP contribution >= 0.6 is 0 Å². The maximum Gasteiger partial charge on any atom is 0.289 e. The van der Waals surface area contributed by atoms with Gasteiger partial charge in [-0.05, 0) is 48.8 Å². The van der Waals surface area contributed by atoms with E-state index in [1.165, 1.54) is 11.0 Å². The molecule has 44 heavy (non-hydrogen) atoms. The first-order valence-corrected chi connectivity index (χ1v) is 15.3. The van der Waals surface area contributed by atoms with E-state index in [0.717, 1.165) is 0 Å². The standard InChI is InChI=1S/C33H49N4O7/c1-8-12-24(27(39)30(41)34-17-9-2)35-29(40)25-15-11-18-37(25)31(42)28(32(3,4)5)36-26(38)21-22-13-10-14-23(20-22)44-19-16-33(6,7)43/h9-10,13-14,20,24-25,28H,2,8,11-12,15-19,21H2,1,3-7H3,(H,34,41)(H,35,40)(H,36,38)/q-1/t24?,25-,28+/m0/s1. The van der Waals surface area contributed by atoms with Gasteiger partial charge in [0.2, 0.25) is 23.5 Å². The Morgan fingerprint density at radius 2 is 1.84 bits per heavy atom. The number of Topliss-reactive ketones (excluding diaryl/α,β-unsaturated/α-hetero) is 1. The quantitative estimate of drug-likeness (QED) is 0.190. The number of likely N-dealkylation sites (tertiary alicyclic amines) is 1. The molecule has 3 atom stereocenters. The summed E-state index contributed by atoms with van der Waals surface area (Å²) >= 11 is 0. The van der Waals surface area contributed by atoms with Gasteiger partial charge in [0.15, 0.2) is 0 Å². The first-order chi connectivity index (χ1) is 20.6. The van der Waals surface area contributed by atoms with Gasteiger partial charge in [0.25, 0.3) is 5.91 Å². The lowest BCUT2D eigenvalue weighted by molar-refractivity contribution is -0.467. The third-order valence-corrected chi connectivity index (χ3v) is 7.33. The molecular weight excluding hydrogens is 564 g/mol. The van der Waals surface area contributed by atoms with Gasteiger partial charge in [0.1, 0.15) is 17.8 Å². The van der Waals surface area contributed by atoms with Gasteiger partial charge in [-0.25, -0.2) is 0 Å². The zero-order valence-electron chi connectivity index (χ0n) is 27.0. The monoisotopic (exact) mass is 613 g/mol. The number of nitrogens with one attached hydrogen (secondary N) is 3. The molecule has 1 aromatic carbocycles. The smallest absolute Gasteiger partial charge is 0.289 e. The summed E-state index contributed by atoms with van der Waals surface area (Å²) in [5.74, 6) is -2.26. The van der Waals surface area contributed by atoms with Gasteiger partial charge in [0, 0.05) is 13.1 Å².